The molecule has 16 heavy (non-hydrogen) atoms. The van der Waals surface area contributed by atoms with E-state index in [2.05, 4.69) is 5.32 Å². The van der Waals surface area contributed by atoms with Crippen LogP contribution in [0.4, 0.5) is 14.9 Å². The van der Waals surface area contributed by atoms with Crippen LogP contribution in [-0.2, 0) is 4.79 Å². The lowest BCUT2D eigenvalue weighted by Crippen LogP contribution is -2.43. The monoisotopic (exact) mass is 225 g/mol. The summed E-state index contributed by atoms with van der Waals surface area (Å²) in [6.45, 7) is 1.56. The Balaban J connectivity index is 2.57. The third kappa shape index (κ3) is 3.56. The van der Waals surface area contributed by atoms with Crippen LogP contribution >= 0.6 is 0 Å². The molecule has 0 spiro atoms. The van der Waals surface area contributed by atoms with Gasteiger partial charge < -0.3 is 11.1 Å². The standard InChI is InChI=1S/C10H12FN3O2/c1-6(9(15)14-10(12)16)13-8-4-2-7(11)3-5-8/h2-6,13H,1H3,(H3,12,14,15,16). The molecule has 86 valence electrons. The van der Waals surface area contributed by atoms with E-state index in [9.17, 15) is 14.0 Å². The minimum Gasteiger partial charge on any atom is -0.374 e. The summed E-state index contributed by atoms with van der Waals surface area (Å²) in [6, 6.07) is 3.96. The molecule has 0 bridgehead atoms. The molecule has 0 saturated carbocycles. The number of urea groups is 1. The highest BCUT2D eigenvalue weighted by Gasteiger charge is 2.13. The number of halogens is 1. The number of carbonyl (C=O) groups excluding carboxylic acids is 2. The average Bonchev–Trinajstić information content (AvgIpc) is 2.20. The predicted molar refractivity (Wildman–Crippen MR) is 57.2 cm³/mol. The number of anilines is 1. The number of rotatable bonds is 3. The summed E-state index contributed by atoms with van der Waals surface area (Å²) in [6.07, 6.45) is 0. The number of nitrogens with two attached hydrogens (primary N) is 1. The molecule has 3 amide bonds. The van der Waals surface area contributed by atoms with Crippen molar-refractivity contribution in [3.63, 3.8) is 0 Å². The van der Waals surface area contributed by atoms with Gasteiger partial charge in [0.05, 0.1) is 0 Å². The Labute approximate surface area is 91.8 Å². The van der Waals surface area contributed by atoms with Crippen molar-refractivity contribution in [3.05, 3.63) is 30.1 Å². The van der Waals surface area contributed by atoms with E-state index in [-0.39, 0.29) is 5.82 Å². The van der Waals surface area contributed by atoms with Gasteiger partial charge in [0.2, 0.25) is 5.91 Å². The van der Waals surface area contributed by atoms with E-state index in [4.69, 9.17) is 5.73 Å². The van der Waals surface area contributed by atoms with E-state index in [1.54, 1.807) is 6.92 Å². The summed E-state index contributed by atoms with van der Waals surface area (Å²) >= 11 is 0. The fraction of sp³-hybridized carbons (Fsp3) is 0.200. The van der Waals surface area contributed by atoms with Gasteiger partial charge in [-0.3, -0.25) is 10.1 Å². The van der Waals surface area contributed by atoms with Crippen molar-refractivity contribution >= 4 is 17.6 Å². The molecule has 0 aromatic heterocycles. The smallest absolute Gasteiger partial charge is 0.318 e. The lowest BCUT2D eigenvalue weighted by Gasteiger charge is -2.13. The van der Waals surface area contributed by atoms with Crippen molar-refractivity contribution in [2.24, 2.45) is 5.73 Å². The average molecular weight is 225 g/mol. The molecule has 1 atom stereocenters. The van der Waals surface area contributed by atoms with Gasteiger partial charge in [-0.2, -0.15) is 0 Å². The van der Waals surface area contributed by atoms with Crippen molar-refractivity contribution in [2.45, 2.75) is 13.0 Å². The van der Waals surface area contributed by atoms with Crippen LogP contribution in [0.3, 0.4) is 0 Å². The topological polar surface area (TPSA) is 84.2 Å². The van der Waals surface area contributed by atoms with Gasteiger partial charge in [-0.1, -0.05) is 0 Å². The third-order valence-corrected chi connectivity index (χ3v) is 1.87. The molecule has 0 radical (unpaired) electrons. The molecule has 0 aliphatic heterocycles. The van der Waals surface area contributed by atoms with Gasteiger partial charge >= 0.3 is 6.03 Å². The number of hydrogen-bond acceptors (Lipinski definition) is 3. The van der Waals surface area contributed by atoms with E-state index >= 15 is 0 Å². The van der Waals surface area contributed by atoms with Gasteiger partial charge in [-0.15, -0.1) is 0 Å². The van der Waals surface area contributed by atoms with E-state index in [0.29, 0.717) is 5.69 Å². The highest BCUT2D eigenvalue weighted by atomic mass is 19.1. The lowest BCUT2D eigenvalue weighted by molar-refractivity contribution is -0.120. The second-order valence-electron chi connectivity index (χ2n) is 3.23. The van der Waals surface area contributed by atoms with Crippen LogP contribution in [0.15, 0.2) is 24.3 Å². The van der Waals surface area contributed by atoms with Gasteiger partial charge in [-0.25, -0.2) is 9.18 Å². The molecule has 1 aromatic carbocycles. The van der Waals surface area contributed by atoms with Crippen molar-refractivity contribution in [3.8, 4) is 0 Å². The fourth-order valence-corrected chi connectivity index (χ4v) is 1.09. The summed E-state index contributed by atoms with van der Waals surface area (Å²) in [5.74, 6) is -0.906. The molecule has 0 heterocycles. The number of amides is 3. The zero-order chi connectivity index (χ0) is 12.1. The first-order valence-electron chi connectivity index (χ1n) is 4.61. The number of imide groups is 1. The van der Waals surface area contributed by atoms with Gasteiger partial charge in [-0.05, 0) is 31.2 Å². The minimum absolute atomic E-state index is 0.361. The Hall–Kier alpha value is -2.11. The Morgan fingerprint density at radius 2 is 1.88 bits per heavy atom. The zero-order valence-corrected chi connectivity index (χ0v) is 8.66. The summed E-state index contributed by atoms with van der Waals surface area (Å²) in [5, 5.41) is 4.73. The SMILES string of the molecule is CC(Nc1ccc(F)cc1)C(=O)NC(N)=O. The minimum atomic E-state index is -0.905. The largest absolute Gasteiger partial charge is 0.374 e. The molecule has 0 fully saturated rings. The number of benzene rings is 1. The summed E-state index contributed by atoms with van der Waals surface area (Å²) in [5.41, 5.74) is 5.37. The van der Waals surface area contributed by atoms with Crippen LogP contribution < -0.4 is 16.4 Å². The molecule has 4 N–H and O–H groups in total. The van der Waals surface area contributed by atoms with E-state index < -0.39 is 18.0 Å². The maximum atomic E-state index is 12.6. The van der Waals surface area contributed by atoms with Gasteiger partial charge in [0.1, 0.15) is 11.9 Å². The van der Waals surface area contributed by atoms with Crippen molar-refractivity contribution < 1.29 is 14.0 Å². The Bertz CT molecular complexity index is 392. The molecule has 1 rings (SSSR count). The highest BCUT2D eigenvalue weighted by molar-refractivity contribution is 5.97. The Morgan fingerprint density at radius 3 is 2.38 bits per heavy atom. The van der Waals surface area contributed by atoms with Crippen LogP contribution in [0.2, 0.25) is 0 Å². The van der Waals surface area contributed by atoms with E-state index in [1.165, 1.54) is 24.3 Å². The zero-order valence-electron chi connectivity index (χ0n) is 8.66. The molecule has 5 nitrogen and oxygen atoms in total. The maximum absolute atomic E-state index is 12.6. The number of carbonyl (C=O) groups is 2. The van der Waals surface area contributed by atoms with E-state index in [1.807, 2.05) is 5.32 Å². The van der Waals surface area contributed by atoms with Crippen LogP contribution in [0.25, 0.3) is 0 Å². The Kier molecular flexibility index (Phi) is 3.82. The normalized spacial score (nSPS) is 11.6. The van der Waals surface area contributed by atoms with E-state index in [0.717, 1.165) is 0 Å². The third-order valence-electron chi connectivity index (χ3n) is 1.87. The first-order valence-corrected chi connectivity index (χ1v) is 4.61. The summed E-state index contributed by atoms with van der Waals surface area (Å²) in [7, 11) is 0. The second kappa shape index (κ2) is 5.11. The maximum Gasteiger partial charge on any atom is 0.318 e. The predicted octanol–water partition coefficient (Wildman–Crippen LogP) is 0.821. The Morgan fingerprint density at radius 1 is 1.31 bits per heavy atom. The quantitative estimate of drug-likeness (QED) is 0.712. The van der Waals surface area contributed by atoms with Crippen LogP contribution in [0, 0.1) is 5.82 Å². The molecule has 1 aromatic rings. The fourth-order valence-electron chi connectivity index (χ4n) is 1.09. The highest BCUT2D eigenvalue weighted by Crippen LogP contribution is 2.09. The molecule has 6 heteroatoms. The molecule has 0 aliphatic carbocycles. The van der Waals surface area contributed by atoms with Crippen molar-refractivity contribution in [1.82, 2.24) is 5.32 Å². The summed E-state index contributed by atoms with van der Waals surface area (Å²) < 4.78 is 12.6. The molecule has 1 unspecified atom stereocenters. The second-order valence-corrected chi connectivity index (χ2v) is 3.23. The number of primary amides is 1. The van der Waals surface area contributed by atoms with Crippen LogP contribution in [0.5, 0.6) is 0 Å². The van der Waals surface area contributed by atoms with Crippen LogP contribution in [-0.4, -0.2) is 18.0 Å². The summed E-state index contributed by atoms with van der Waals surface area (Å²) in [4.78, 5) is 21.7. The van der Waals surface area contributed by atoms with Crippen molar-refractivity contribution in [2.75, 3.05) is 5.32 Å². The van der Waals surface area contributed by atoms with Gasteiger partial charge in [0.25, 0.3) is 0 Å². The first-order chi connectivity index (χ1) is 7.49. The number of nitrogens with one attached hydrogen (secondary N) is 2. The van der Waals surface area contributed by atoms with Crippen LogP contribution in [0.1, 0.15) is 6.92 Å². The van der Waals surface area contributed by atoms with Gasteiger partial charge in [0.15, 0.2) is 0 Å². The molecule has 0 saturated heterocycles. The van der Waals surface area contributed by atoms with Crippen molar-refractivity contribution in [1.29, 1.82) is 0 Å². The number of hydrogen-bond donors (Lipinski definition) is 3. The van der Waals surface area contributed by atoms with Gasteiger partial charge in [0, 0.05) is 5.69 Å². The molecular formula is C10H12FN3O2. The lowest BCUT2D eigenvalue weighted by atomic mass is 10.2. The first kappa shape index (κ1) is 12.0. The molecular weight excluding hydrogens is 213 g/mol. The molecule has 0 aliphatic rings.